The molecule has 1 fully saturated rings. The second-order valence-electron chi connectivity index (χ2n) is 6.30. The fourth-order valence-electron chi connectivity index (χ4n) is 2.92. The first-order valence-electron chi connectivity index (χ1n) is 8.55. The molecule has 1 aromatic carbocycles. The average Bonchev–Trinajstić information content (AvgIpc) is 3.11. The topological polar surface area (TPSA) is 83.1 Å². The van der Waals surface area contributed by atoms with Crippen molar-refractivity contribution in [2.45, 2.75) is 31.5 Å². The number of amides is 2. The zero-order valence-electron chi connectivity index (χ0n) is 14.2. The van der Waals surface area contributed by atoms with Gasteiger partial charge in [-0.3, -0.25) is 14.6 Å². The van der Waals surface area contributed by atoms with Gasteiger partial charge in [-0.2, -0.15) is 0 Å². The van der Waals surface area contributed by atoms with Gasteiger partial charge in [0.15, 0.2) is 0 Å². The maximum atomic E-state index is 12.2. The summed E-state index contributed by atoms with van der Waals surface area (Å²) in [4.78, 5) is 28.6. The molecule has 1 aliphatic rings. The summed E-state index contributed by atoms with van der Waals surface area (Å²) < 4.78 is 0. The smallest absolute Gasteiger partial charge is 0.237 e. The summed E-state index contributed by atoms with van der Waals surface area (Å²) >= 11 is 5.85. The summed E-state index contributed by atoms with van der Waals surface area (Å²) in [5, 5.41) is 9.65. The Kier molecular flexibility index (Phi) is 6.20. The zero-order valence-corrected chi connectivity index (χ0v) is 15.0. The molecule has 1 aromatic heterocycles. The quantitative estimate of drug-likeness (QED) is 0.716. The monoisotopic (exact) mass is 372 g/mol. The lowest BCUT2D eigenvalue weighted by Crippen LogP contribution is -2.40. The van der Waals surface area contributed by atoms with Crippen molar-refractivity contribution in [3.8, 4) is 0 Å². The highest BCUT2D eigenvalue weighted by atomic mass is 35.5. The first-order valence-corrected chi connectivity index (χ1v) is 8.93. The summed E-state index contributed by atoms with van der Waals surface area (Å²) in [6.07, 6.45) is 2.56. The maximum absolute atomic E-state index is 12.2. The Balaban J connectivity index is 1.42. The highest BCUT2D eigenvalue weighted by Crippen LogP contribution is 2.11. The Morgan fingerprint density at radius 2 is 2.00 bits per heavy atom. The van der Waals surface area contributed by atoms with Gasteiger partial charge in [0.05, 0.1) is 24.7 Å². The maximum Gasteiger partial charge on any atom is 0.237 e. The van der Waals surface area contributed by atoms with Gasteiger partial charge in [0.1, 0.15) is 0 Å². The molecule has 7 heteroatoms. The SMILES string of the molecule is O=C(Cc1ccc(Cl)cc1)N[C@H]1CN[C@H](C(=O)NCc2ccccn2)C1. The molecule has 1 saturated heterocycles. The van der Waals surface area contributed by atoms with E-state index in [4.69, 9.17) is 11.6 Å². The Morgan fingerprint density at radius 1 is 1.19 bits per heavy atom. The number of aromatic nitrogens is 1. The molecule has 2 atom stereocenters. The first-order chi connectivity index (χ1) is 12.6. The second kappa shape index (κ2) is 8.78. The predicted molar refractivity (Wildman–Crippen MR) is 99.6 cm³/mol. The van der Waals surface area contributed by atoms with Crippen LogP contribution in [-0.2, 0) is 22.6 Å². The number of hydrogen-bond acceptors (Lipinski definition) is 4. The number of pyridine rings is 1. The molecule has 0 saturated carbocycles. The van der Waals surface area contributed by atoms with Crippen LogP contribution >= 0.6 is 11.6 Å². The highest BCUT2D eigenvalue weighted by molar-refractivity contribution is 6.30. The van der Waals surface area contributed by atoms with E-state index in [-0.39, 0.29) is 23.9 Å². The third-order valence-electron chi connectivity index (χ3n) is 4.26. The largest absolute Gasteiger partial charge is 0.352 e. The minimum atomic E-state index is -0.306. The van der Waals surface area contributed by atoms with Crippen LogP contribution < -0.4 is 16.0 Å². The molecule has 136 valence electrons. The number of benzene rings is 1. The van der Waals surface area contributed by atoms with Crippen LogP contribution in [-0.4, -0.2) is 35.4 Å². The van der Waals surface area contributed by atoms with Crippen molar-refractivity contribution in [2.75, 3.05) is 6.54 Å². The average molecular weight is 373 g/mol. The molecule has 0 unspecified atom stereocenters. The molecule has 3 N–H and O–H groups in total. The summed E-state index contributed by atoms with van der Waals surface area (Å²) in [5.41, 5.74) is 1.72. The van der Waals surface area contributed by atoms with E-state index in [1.54, 1.807) is 18.3 Å². The van der Waals surface area contributed by atoms with Gasteiger partial charge >= 0.3 is 0 Å². The van der Waals surface area contributed by atoms with Crippen molar-refractivity contribution in [1.29, 1.82) is 0 Å². The zero-order chi connectivity index (χ0) is 18.4. The van der Waals surface area contributed by atoms with Crippen LogP contribution in [0.3, 0.4) is 0 Å². The third kappa shape index (κ3) is 5.28. The van der Waals surface area contributed by atoms with Gasteiger partial charge < -0.3 is 16.0 Å². The standard InChI is InChI=1S/C19H21ClN4O2/c20-14-6-4-13(5-7-14)9-18(25)24-16-10-17(22-12-16)19(26)23-11-15-3-1-2-8-21-15/h1-8,16-17,22H,9-12H2,(H,23,26)(H,24,25)/t16-,17+/m1/s1. The molecule has 2 heterocycles. The van der Waals surface area contributed by atoms with Crippen LogP contribution in [0, 0.1) is 0 Å². The number of carbonyl (C=O) groups excluding carboxylic acids is 2. The van der Waals surface area contributed by atoms with E-state index in [0.29, 0.717) is 31.0 Å². The Labute approximate surface area is 157 Å². The van der Waals surface area contributed by atoms with Crippen molar-refractivity contribution in [2.24, 2.45) is 0 Å². The first kappa shape index (κ1) is 18.4. The van der Waals surface area contributed by atoms with Crippen LogP contribution in [0.4, 0.5) is 0 Å². The number of hydrogen-bond donors (Lipinski definition) is 3. The van der Waals surface area contributed by atoms with E-state index >= 15 is 0 Å². The van der Waals surface area contributed by atoms with Gasteiger partial charge in [-0.25, -0.2) is 0 Å². The number of nitrogens with zero attached hydrogens (tertiary/aromatic N) is 1. The molecule has 0 radical (unpaired) electrons. The molecular weight excluding hydrogens is 352 g/mol. The molecule has 0 spiro atoms. The van der Waals surface area contributed by atoms with E-state index < -0.39 is 0 Å². The highest BCUT2D eigenvalue weighted by Gasteiger charge is 2.30. The fourth-order valence-corrected chi connectivity index (χ4v) is 3.04. The number of nitrogens with one attached hydrogen (secondary N) is 3. The van der Waals surface area contributed by atoms with Crippen molar-refractivity contribution in [3.05, 3.63) is 64.9 Å². The Morgan fingerprint density at radius 3 is 2.73 bits per heavy atom. The Bertz CT molecular complexity index is 752. The van der Waals surface area contributed by atoms with Gasteiger partial charge in [-0.05, 0) is 36.2 Å². The number of rotatable bonds is 6. The van der Waals surface area contributed by atoms with Crippen molar-refractivity contribution in [1.82, 2.24) is 20.9 Å². The van der Waals surface area contributed by atoms with E-state index in [9.17, 15) is 9.59 Å². The predicted octanol–water partition coefficient (Wildman–Crippen LogP) is 1.44. The van der Waals surface area contributed by atoms with Crippen LogP contribution in [0.15, 0.2) is 48.7 Å². The number of carbonyl (C=O) groups is 2. The molecule has 1 aliphatic heterocycles. The van der Waals surface area contributed by atoms with Crippen LogP contribution in [0.2, 0.25) is 5.02 Å². The van der Waals surface area contributed by atoms with E-state index in [0.717, 1.165) is 11.3 Å². The van der Waals surface area contributed by atoms with Gasteiger partial charge in [0.2, 0.25) is 11.8 Å². The minimum absolute atomic E-state index is 0.0552. The number of halogens is 1. The summed E-state index contributed by atoms with van der Waals surface area (Å²) in [5.74, 6) is -0.140. The molecule has 6 nitrogen and oxygen atoms in total. The molecule has 2 amide bonds. The van der Waals surface area contributed by atoms with E-state index in [2.05, 4.69) is 20.9 Å². The van der Waals surface area contributed by atoms with Crippen LogP contribution in [0.5, 0.6) is 0 Å². The van der Waals surface area contributed by atoms with Crippen molar-refractivity contribution >= 4 is 23.4 Å². The van der Waals surface area contributed by atoms with E-state index in [1.807, 2.05) is 30.3 Å². The third-order valence-corrected chi connectivity index (χ3v) is 4.51. The van der Waals surface area contributed by atoms with Gasteiger partial charge in [0.25, 0.3) is 0 Å². The Hall–Kier alpha value is -2.44. The molecule has 3 rings (SSSR count). The van der Waals surface area contributed by atoms with Gasteiger partial charge in [-0.1, -0.05) is 29.8 Å². The molecule has 0 bridgehead atoms. The fraction of sp³-hybridized carbons (Fsp3) is 0.316. The lowest BCUT2D eigenvalue weighted by Gasteiger charge is -2.13. The van der Waals surface area contributed by atoms with Crippen LogP contribution in [0.25, 0.3) is 0 Å². The molecular formula is C19H21ClN4O2. The van der Waals surface area contributed by atoms with Crippen molar-refractivity contribution < 1.29 is 9.59 Å². The van der Waals surface area contributed by atoms with E-state index in [1.165, 1.54) is 0 Å². The summed E-state index contributed by atoms with van der Waals surface area (Å²) in [6, 6.07) is 12.4. The molecule has 26 heavy (non-hydrogen) atoms. The normalized spacial score (nSPS) is 19.1. The summed E-state index contributed by atoms with van der Waals surface area (Å²) in [6.45, 7) is 0.972. The summed E-state index contributed by atoms with van der Waals surface area (Å²) in [7, 11) is 0. The van der Waals surface area contributed by atoms with Crippen LogP contribution in [0.1, 0.15) is 17.7 Å². The second-order valence-corrected chi connectivity index (χ2v) is 6.74. The van der Waals surface area contributed by atoms with Gasteiger partial charge in [0, 0.05) is 23.8 Å². The minimum Gasteiger partial charge on any atom is -0.352 e. The lowest BCUT2D eigenvalue weighted by atomic mass is 10.1. The molecule has 0 aliphatic carbocycles. The van der Waals surface area contributed by atoms with Crippen molar-refractivity contribution in [3.63, 3.8) is 0 Å². The van der Waals surface area contributed by atoms with Gasteiger partial charge in [-0.15, -0.1) is 0 Å². The lowest BCUT2D eigenvalue weighted by molar-refractivity contribution is -0.123. The molecule has 2 aromatic rings.